The summed E-state index contributed by atoms with van der Waals surface area (Å²) in [5.74, 6) is 0.563. The predicted molar refractivity (Wildman–Crippen MR) is 81.4 cm³/mol. The van der Waals surface area contributed by atoms with Crippen molar-refractivity contribution >= 4 is 17.8 Å². The first-order valence-corrected chi connectivity index (χ1v) is 7.33. The molecule has 0 fully saturated rings. The molecule has 0 aromatic heterocycles. The van der Waals surface area contributed by atoms with Gasteiger partial charge in [0.1, 0.15) is 11.4 Å². The maximum Gasteiger partial charge on any atom is 0.410 e. The predicted octanol–water partition coefficient (Wildman–Crippen LogP) is 0.751. The van der Waals surface area contributed by atoms with Crippen LogP contribution in [0, 0.1) is 0 Å². The van der Waals surface area contributed by atoms with E-state index in [9.17, 15) is 9.59 Å². The number of carbonyl (C=O) groups excluding carboxylic acids is 2. The summed E-state index contributed by atoms with van der Waals surface area (Å²) in [6, 6.07) is 0. The molecule has 0 aromatic rings. The second-order valence-corrected chi connectivity index (χ2v) is 5.93. The average Bonchev–Trinajstić information content (AvgIpc) is 2.41. The number of hydrogen-bond donors (Lipinski definition) is 2. The summed E-state index contributed by atoms with van der Waals surface area (Å²) in [7, 11) is 0. The van der Waals surface area contributed by atoms with Crippen LogP contribution in [0.5, 0.6) is 0 Å². The van der Waals surface area contributed by atoms with Crippen molar-refractivity contribution in [2.75, 3.05) is 32.7 Å². The van der Waals surface area contributed by atoms with Gasteiger partial charge in [-0.15, -0.1) is 0 Å². The summed E-state index contributed by atoms with van der Waals surface area (Å²) in [5, 5.41) is 5.74. The summed E-state index contributed by atoms with van der Waals surface area (Å²) in [5.41, 5.74) is -0.515. The van der Waals surface area contributed by atoms with E-state index in [1.54, 1.807) is 4.90 Å². The van der Waals surface area contributed by atoms with Crippen LogP contribution in [0.2, 0.25) is 0 Å². The number of amidine groups is 1. The van der Waals surface area contributed by atoms with Crippen molar-refractivity contribution in [1.82, 2.24) is 15.5 Å². The monoisotopic (exact) mass is 298 g/mol. The highest BCUT2D eigenvalue weighted by Gasteiger charge is 2.25. The maximum atomic E-state index is 12.0. The molecule has 1 rings (SSSR count). The van der Waals surface area contributed by atoms with Crippen LogP contribution in [0.15, 0.2) is 4.99 Å². The molecule has 0 radical (unpaired) electrons. The van der Waals surface area contributed by atoms with Gasteiger partial charge in [0.05, 0.1) is 19.6 Å². The van der Waals surface area contributed by atoms with Crippen molar-refractivity contribution < 1.29 is 14.3 Å². The van der Waals surface area contributed by atoms with Gasteiger partial charge >= 0.3 is 6.09 Å². The molecule has 0 saturated carbocycles. The molecule has 1 heterocycles. The number of nitrogens with zero attached hydrogens (tertiary/aromatic N) is 2. The van der Waals surface area contributed by atoms with Crippen molar-refractivity contribution in [3.8, 4) is 0 Å². The minimum absolute atomic E-state index is 0.0751. The highest BCUT2D eigenvalue weighted by atomic mass is 16.6. The molecule has 0 aromatic carbocycles. The Labute approximate surface area is 126 Å². The highest BCUT2D eigenvalue weighted by Crippen LogP contribution is 2.10. The van der Waals surface area contributed by atoms with Gasteiger partial charge in [0.2, 0.25) is 5.91 Å². The highest BCUT2D eigenvalue weighted by molar-refractivity contribution is 5.91. The van der Waals surface area contributed by atoms with Crippen molar-refractivity contribution in [2.45, 2.75) is 39.7 Å². The molecule has 1 aliphatic rings. The lowest BCUT2D eigenvalue weighted by molar-refractivity contribution is -0.120. The molecule has 0 saturated heterocycles. The molecule has 1 aliphatic heterocycles. The Morgan fingerprint density at radius 1 is 1.38 bits per heavy atom. The molecule has 2 amide bonds. The second-order valence-electron chi connectivity index (χ2n) is 5.93. The maximum absolute atomic E-state index is 12.0. The minimum atomic E-state index is -0.515. The first kappa shape index (κ1) is 17.3. The fourth-order valence-corrected chi connectivity index (χ4v) is 1.72. The summed E-state index contributed by atoms with van der Waals surface area (Å²) >= 11 is 0. The van der Waals surface area contributed by atoms with Crippen LogP contribution in [0.25, 0.3) is 0 Å². The summed E-state index contributed by atoms with van der Waals surface area (Å²) in [6.45, 7) is 9.71. The number of amides is 2. The lowest BCUT2D eigenvalue weighted by atomic mass is 10.2. The average molecular weight is 298 g/mol. The van der Waals surface area contributed by atoms with Crippen molar-refractivity contribution in [3.05, 3.63) is 0 Å². The van der Waals surface area contributed by atoms with E-state index in [2.05, 4.69) is 15.6 Å². The van der Waals surface area contributed by atoms with Crippen LogP contribution in [0.3, 0.4) is 0 Å². The van der Waals surface area contributed by atoms with Gasteiger partial charge in [-0.1, -0.05) is 6.92 Å². The molecule has 0 atom stereocenters. The van der Waals surface area contributed by atoms with Gasteiger partial charge in [-0.2, -0.15) is 0 Å². The smallest absolute Gasteiger partial charge is 0.410 e. The van der Waals surface area contributed by atoms with Crippen LogP contribution in [0.4, 0.5) is 4.79 Å². The molecule has 0 spiro atoms. The zero-order valence-electron chi connectivity index (χ0n) is 13.4. The molecule has 0 aliphatic carbocycles. The third kappa shape index (κ3) is 6.97. The van der Waals surface area contributed by atoms with Gasteiger partial charge in [-0.25, -0.2) is 4.79 Å². The number of aliphatic imine (C=N–C) groups is 1. The lowest BCUT2D eigenvalue weighted by Crippen LogP contribution is -2.48. The summed E-state index contributed by atoms with van der Waals surface area (Å²) in [6.07, 6.45) is 0.547. The third-order valence-electron chi connectivity index (χ3n) is 2.69. The van der Waals surface area contributed by atoms with Gasteiger partial charge in [-0.05, 0) is 27.2 Å². The Morgan fingerprint density at radius 2 is 2.10 bits per heavy atom. The van der Waals surface area contributed by atoms with Crippen LogP contribution in [-0.4, -0.2) is 61.1 Å². The zero-order valence-corrected chi connectivity index (χ0v) is 13.4. The number of hydrogen-bond acceptors (Lipinski definition) is 5. The Kier molecular flexibility index (Phi) is 6.45. The molecule has 7 heteroatoms. The molecular formula is C14H26N4O3. The van der Waals surface area contributed by atoms with E-state index in [-0.39, 0.29) is 18.5 Å². The quantitative estimate of drug-likeness (QED) is 0.802. The minimum Gasteiger partial charge on any atom is -0.444 e. The SMILES string of the molecule is CCCNC(=O)CNC1=NCCN(C(=O)OC(C)(C)C)C1. The Morgan fingerprint density at radius 3 is 2.71 bits per heavy atom. The van der Waals surface area contributed by atoms with E-state index in [0.29, 0.717) is 32.0 Å². The van der Waals surface area contributed by atoms with Crippen LogP contribution in [0.1, 0.15) is 34.1 Å². The fourth-order valence-electron chi connectivity index (χ4n) is 1.72. The zero-order chi connectivity index (χ0) is 15.9. The second kappa shape index (κ2) is 7.85. The third-order valence-corrected chi connectivity index (χ3v) is 2.69. The largest absolute Gasteiger partial charge is 0.444 e. The normalized spacial score (nSPS) is 15.2. The van der Waals surface area contributed by atoms with Gasteiger partial charge in [0.15, 0.2) is 0 Å². The van der Waals surface area contributed by atoms with Gasteiger partial charge in [0.25, 0.3) is 0 Å². The van der Waals surface area contributed by atoms with Gasteiger partial charge in [0, 0.05) is 13.1 Å². The molecule has 0 bridgehead atoms. The van der Waals surface area contributed by atoms with Crippen LogP contribution in [-0.2, 0) is 9.53 Å². The molecule has 2 N–H and O–H groups in total. The molecule has 0 unspecified atom stereocenters. The lowest BCUT2D eigenvalue weighted by Gasteiger charge is -2.29. The van der Waals surface area contributed by atoms with E-state index in [1.165, 1.54) is 0 Å². The molecule has 7 nitrogen and oxygen atoms in total. The molecule has 120 valence electrons. The summed E-state index contributed by atoms with van der Waals surface area (Å²) in [4.78, 5) is 29.4. The van der Waals surface area contributed by atoms with E-state index >= 15 is 0 Å². The Bertz CT molecular complexity index is 402. The van der Waals surface area contributed by atoms with Crippen molar-refractivity contribution in [1.29, 1.82) is 0 Å². The van der Waals surface area contributed by atoms with Gasteiger partial charge < -0.3 is 15.4 Å². The van der Waals surface area contributed by atoms with E-state index < -0.39 is 5.60 Å². The van der Waals surface area contributed by atoms with Crippen molar-refractivity contribution in [2.24, 2.45) is 4.99 Å². The van der Waals surface area contributed by atoms with E-state index in [1.807, 2.05) is 27.7 Å². The molecule has 21 heavy (non-hydrogen) atoms. The Hall–Kier alpha value is -1.79. The first-order valence-electron chi connectivity index (χ1n) is 7.33. The Balaban J connectivity index is 2.40. The van der Waals surface area contributed by atoms with Crippen LogP contribution < -0.4 is 10.6 Å². The number of rotatable bonds is 4. The van der Waals surface area contributed by atoms with E-state index in [4.69, 9.17) is 4.74 Å². The fraction of sp³-hybridized carbons (Fsp3) is 0.786. The number of nitrogens with one attached hydrogen (secondary N) is 2. The first-order chi connectivity index (χ1) is 9.81. The van der Waals surface area contributed by atoms with Gasteiger partial charge in [-0.3, -0.25) is 14.7 Å². The standard InChI is InChI=1S/C14H26N4O3/c1-5-6-16-12(19)9-17-11-10-18(8-7-15-11)13(20)21-14(2,3)4/h5-10H2,1-4H3,(H,15,17)(H,16,19). The van der Waals surface area contributed by atoms with Crippen molar-refractivity contribution in [3.63, 3.8) is 0 Å². The number of ether oxygens (including phenoxy) is 1. The topological polar surface area (TPSA) is 83.0 Å². The summed E-state index contributed by atoms with van der Waals surface area (Å²) < 4.78 is 5.33. The van der Waals surface area contributed by atoms with E-state index in [0.717, 1.165) is 6.42 Å². The molecular weight excluding hydrogens is 272 g/mol. The van der Waals surface area contributed by atoms with Crippen LogP contribution >= 0.6 is 0 Å². The number of carbonyl (C=O) groups is 2.